The highest BCUT2D eigenvalue weighted by Gasteiger charge is 2.15. The number of imidazole rings is 1. The minimum absolute atomic E-state index is 0.0255. The number of nitrogens with zero attached hydrogens (tertiary/aromatic N) is 3. The number of carbonyl (C=O) groups excluding carboxylic acids is 1. The number of amides is 1. The fraction of sp³-hybridized carbons (Fsp3) is 0.242. The lowest BCUT2D eigenvalue weighted by Crippen LogP contribution is -2.14. The van der Waals surface area contributed by atoms with E-state index in [1.165, 1.54) is 5.56 Å². The number of benzene rings is 3. The summed E-state index contributed by atoms with van der Waals surface area (Å²) in [5, 5.41) is 6.38. The third kappa shape index (κ3) is 7.12. The molecule has 0 aliphatic carbocycles. The molecule has 2 aromatic heterocycles. The Morgan fingerprint density at radius 2 is 1.74 bits per heavy atom. The SMILES string of the molecule is COCCOCOc1ccc(Nc2nc(-c3cccc(NC(=O)c4ccc(C(C)(C)C)cc4)c3)cn3ccnc23)cc1. The predicted molar refractivity (Wildman–Crippen MR) is 165 cm³/mol. The zero-order valence-corrected chi connectivity index (χ0v) is 24.3. The van der Waals surface area contributed by atoms with Crippen LogP contribution in [0.15, 0.2) is 91.4 Å². The molecular formula is C33H35N5O4. The van der Waals surface area contributed by atoms with Crippen LogP contribution >= 0.6 is 0 Å². The van der Waals surface area contributed by atoms with Crippen LogP contribution in [0, 0.1) is 0 Å². The summed E-state index contributed by atoms with van der Waals surface area (Å²) in [6.07, 6.45) is 5.52. The van der Waals surface area contributed by atoms with Crippen molar-refractivity contribution in [1.82, 2.24) is 14.4 Å². The number of carbonyl (C=O) groups is 1. The zero-order chi connectivity index (χ0) is 29.5. The normalized spacial score (nSPS) is 11.4. The van der Waals surface area contributed by atoms with Crippen molar-refractivity contribution >= 4 is 28.7 Å². The van der Waals surface area contributed by atoms with Crippen LogP contribution in [0.4, 0.5) is 17.2 Å². The lowest BCUT2D eigenvalue weighted by atomic mass is 9.87. The summed E-state index contributed by atoms with van der Waals surface area (Å²) >= 11 is 0. The Morgan fingerprint density at radius 3 is 2.48 bits per heavy atom. The summed E-state index contributed by atoms with van der Waals surface area (Å²) in [4.78, 5) is 22.3. The molecule has 0 atom stereocenters. The van der Waals surface area contributed by atoms with E-state index in [0.29, 0.717) is 41.7 Å². The van der Waals surface area contributed by atoms with Crippen molar-refractivity contribution in [3.05, 3.63) is 103 Å². The Bertz CT molecular complexity index is 1640. The Labute approximate surface area is 245 Å². The summed E-state index contributed by atoms with van der Waals surface area (Å²) < 4.78 is 17.8. The molecule has 2 heterocycles. The maximum atomic E-state index is 13.0. The van der Waals surface area contributed by atoms with E-state index in [-0.39, 0.29) is 18.1 Å². The number of hydrogen-bond acceptors (Lipinski definition) is 7. The second kappa shape index (κ2) is 12.8. The molecule has 9 nitrogen and oxygen atoms in total. The van der Waals surface area contributed by atoms with Crippen molar-refractivity contribution in [1.29, 1.82) is 0 Å². The predicted octanol–water partition coefficient (Wildman–Crippen LogP) is 6.69. The lowest BCUT2D eigenvalue weighted by Gasteiger charge is -2.19. The van der Waals surface area contributed by atoms with Gasteiger partial charge in [0.1, 0.15) is 5.75 Å². The molecule has 0 aliphatic heterocycles. The van der Waals surface area contributed by atoms with Gasteiger partial charge < -0.3 is 29.2 Å². The van der Waals surface area contributed by atoms with Crippen molar-refractivity contribution in [2.75, 3.05) is 37.8 Å². The van der Waals surface area contributed by atoms with Crippen molar-refractivity contribution in [3.8, 4) is 17.0 Å². The van der Waals surface area contributed by atoms with Gasteiger partial charge in [0.25, 0.3) is 5.91 Å². The first kappa shape index (κ1) is 28.8. The number of nitrogens with one attached hydrogen (secondary N) is 2. The van der Waals surface area contributed by atoms with E-state index in [1.54, 1.807) is 13.3 Å². The molecule has 2 N–H and O–H groups in total. The quantitative estimate of drug-likeness (QED) is 0.136. The third-order valence-corrected chi connectivity index (χ3v) is 6.66. The number of fused-ring (bicyclic) bond motifs is 1. The molecule has 216 valence electrons. The van der Waals surface area contributed by atoms with E-state index < -0.39 is 0 Å². The minimum Gasteiger partial charge on any atom is -0.468 e. The molecule has 0 bridgehead atoms. The standard InChI is InChI=1S/C33H35N5O4/c1-33(2,3)25-10-8-23(9-11-25)32(39)36-27-7-5-6-24(20-27)29-21-38-17-16-34-31(38)30(37-29)35-26-12-14-28(15-13-26)42-22-41-19-18-40-4/h5-17,20-21H,18-19,22H2,1-4H3,(H,35,37)(H,36,39). The summed E-state index contributed by atoms with van der Waals surface area (Å²) in [7, 11) is 1.63. The molecule has 0 radical (unpaired) electrons. The van der Waals surface area contributed by atoms with Crippen molar-refractivity contribution in [2.24, 2.45) is 0 Å². The molecule has 0 aliphatic rings. The summed E-state index contributed by atoms with van der Waals surface area (Å²) in [5.74, 6) is 1.12. The number of ether oxygens (including phenoxy) is 3. The number of anilines is 3. The summed E-state index contributed by atoms with van der Waals surface area (Å²) in [5.41, 5.74) is 5.59. The van der Waals surface area contributed by atoms with E-state index in [4.69, 9.17) is 19.2 Å². The highest BCUT2D eigenvalue weighted by Crippen LogP contribution is 2.28. The van der Waals surface area contributed by atoms with Gasteiger partial charge in [-0.2, -0.15) is 0 Å². The van der Waals surface area contributed by atoms with Gasteiger partial charge in [0.15, 0.2) is 18.3 Å². The molecule has 0 fully saturated rings. The highest BCUT2D eigenvalue weighted by molar-refractivity contribution is 6.04. The Kier molecular flexibility index (Phi) is 8.80. The van der Waals surface area contributed by atoms with Gasteiger partial charge >= 0.3 is 0 Å². The van der Waals surface area contributed by atoms with Gasteiger partial charge in [0, 0.05) is 48.2 Å². The van der Waals surface area contributed by atoms with Crippen LogP contribution in [-0.2, 0) is 14.9 Å². The molecule has 0 saturated heterocycles. The maximum Gasteiger partial charge on any atom is 0.255 e. The fourth-order valence-corrected chi connectivity index (χ4v) is 4.32. The Morgan fingerprint density at radius 1 is 0.952 bits per heavy atom. The fourth-order valence-electron chi connectivity index (χ4n) is 4.32. The largest absolute Gasteiger partial charge is 0.468 e. The van der Waals surface area contributed by atoms with Crippen LogP contribution in [-0.4, -0.2) is 47.4 Å². The van der Waals surface area contributed by atoms with Gasteiger partial charge in [0.05, 0.1) is 18.9 Å². The van der Waals surface area contributed by atoms with E-state index in [2.05, 4.69) is 36.4 Å². The molecule has 0 saturated carbocycles. The lowest BCUT2D eigenvalue weighted by molar-refractivity contribution is -0.00846. The van der Waals surface area contributed by atoms with Crippen LogP contribution in [0.1, 0.15) is 36.7 Å². The van der Waals surface area contributed by atoms with Crippen molar-refractivity contribution < 1.29 is 19.0 Å². The Balaban J connectivity index is 1.31. The number of aromatic nitrogens is 3. The smallest absolute Gasteiger partial charge is 0.255 e. The topological polar surface area (TPSA) is 99.0 Å². The molecule has 0 unspecified atom stereocenters. The third-order valence-electron chi connectivity index (χ3n) is 6.66. The van der Waals surface area contributed by atoms with Gasteiger partial charge in [-0.25, -0.2) is 9.97 Å². The molecule has 5 aromatic rings. The van der Waals surface area contributed by atoms with Crippen LogP contribution in [0.3, 0.4) is 0 Å². The first-order chi connectivity index (χ1) is 20.3. The monoisotopic (exact) mass is 565 g/mol. The van der Waals surface area contributed by atoms with Crippen LogP contribution in [0.5, 0.6) is 5.75 Å². The van der Waals surface area contributed by atoms with Crippen LogP contribution in [0.25, 0.3) is 16.9 Å². The first-order valence-corrected chi connectivity index (χ1v) is 13.7. The molecule has 3 aromatic carbocycles. The highest BCUT2D eigenvalue weighted by atomic mass is 16.7. The molecule has 5 rings (SSSR count). The molecular weight excluding hydrogens is 530 g/mol. The molecule has 9 heteroatoms. The van der Waals surface area contributed by atoms with Gasteiger partial charge in [0.2, 0.25) is 0 Å². The zero-order valence-electron chi connectivity index (χ0n) is 24.3. The average molecular weight is 566 g/mol. The number of methoxy groups -OCH3 is 1. The Hall–Kier alpha value is -4.73. The number of hydrogen-bond donors (Lipinski definition) is 2. The summed E-state index contributed by atoms with van der Waals surface area (Å²) in [6.45, 7) is 7.59. The van der Waals surface area contributed by atoms with Crippen LogP contribution < -0.4 is 15.4 Å². The minimum atomic E-state index is -0.165. The first-order valence-electron chi connectivity index (χ1n) is 13.7. The molecule has 0 spiro atoms. The van der Waals surface area contributed by atoms with Crippen molar-refractivity contribution in [2.45, 2.75) is 26.2 Å². The van der Waals surface area contributed by atoms with Gasteiger partial charge in [-0.3, -0.25) is 4.79 Å². The van der Waals surface area contributed by atoms with E-state index in [1.807, 2.05) is 89.6 Å². The average Bonchev–Trinajstić information content (AvgIpc) is 3.47. The summed E-state index contributed by atoms with van der Waals surface area (Å²) in [6, 6.07) is 22.9. The van der Waals surface area contributed by atoms with Gasteiger partial charge in [-0.15, -0.1) is 0 Å². The van der Waals surface area contributed by atoms with E-state index in [0.717, 1.165) is 16.9 Å². The van der Waals surface area contributed by atoms with Crippen LogP contribution in [0.2, 0.25) is 0 Å². The molecule has 42 heavy (non-hydrogen) atoms. The number of rotatable bonds is 11. The van der Waals surface area contributed by atoms with Crippen molar-refractivity contribution in [3.63, 3.8) is 0 Å². The molecule has 1 amide bonds. The second-order valence-electron chi connectivity index (χ2n) is 10.8. The maximum absolute atomic E-state index is 13.0. The van der Waals surface area contributed by atoms with Gasteiger partial charge in [-0.1, -0.05) is 45.0 Å². The van der Waals surface area contributed by atoms with E-state index in [9.17, 15) is 4.79 Å². The second-order valence-corrected chi connectivity index (χ2v) is 10.8. The van der Waals surface area contributed by atoms with Gasteiger partial charge in [-0.05, 0) is 59.5 Å². The van der Waals surface area contributed by atoms with E-state index >= 15 is 0 Å².